The van der Waals surface area contributed by atoms with Crippen LogP contribution in [-0.4, -0.2) is 39.1 Å². The summed E-state index contributed by atoms with van der Waals surface area (Å²) in [5, 5.41) is 13.7. The van der Waals surface area contributed by atoms with Crippen molar-refractivity contribution in [1.29, 1.82) is 0 Å². The van der Waals surface area contributed by atoms with Gasteiger partial charge in [-0.05, 0) is 27.7 Å². The van der Waals surface area contributed by atoms with E-state index in [0.29, 0.717) is 11.6 Å². The highest BCUT2D eigenvalue weighted by atomic mass is 32.1. The smallest absolute Gasteiger partial charge is 0.355 e. The van der Waals surface area contributed by atoms with Crippen LogP contribution < -0.4 is 5.32 Å². The summed E-state index contributed by atoms with van der Waals surface area (Å²) in [7, 11) is 0. The molecule has 1 unspecified atom stereocenters. The Balaban J connectivity index is 2.80. The highest BCUT2D eigenvalue weighted by Crippen LogP contribution is 2.20. The predicted molar refractivity (Wildman–Crippen MR) is 82.7 cm³/mol. The van der Waals surface area contributed by atoms with Gasteiger partial charge in [-0.3, -0.25) is 0 Å². The van der Waals surface area contributed by atoms with Gasteiger partial charge in [0.2, 0.25) is 0 Å². The van der Waals surface area contributed by atoms with Crippen LogP contribution in [-0.2, 0) is 0 Å². The lowest BCUT2D eigenvalue weighted by Gasteiger charge is -2.35. The Morgan fingerprint density at radius 2 is 2.19 bits per heavy atom. The minimum Gasteiger partial charge on any atom is -0.476 e. The molecule has 0 aromatic carbocycles. The van der Waals surface area contributed by atoms with Crippen molar-refractivity contribution in [2.75, 3.05) is 6.54 Å². The third-order valence-electron chi connectivity index (χ3n) is 2.82. The van der Waals surface area contributed by atoms with Crippen molar-refractivity contribution in [2.45, 2.75) is 39.3 Å². The van der Waals surface area contributed by atoms with Gasteiger partial charge in [-0.25, -0.2) is 14.6 Å². The van der Waals surface area contributed by atoms with Crippen molar-refractivity contribution in [3.05, 3.63) is 28.7 Å². The Morgan fingerprint density at radius 3 is 2.62 bits per heavy atom. The van der Waals surface area contributed by atoms with Crippen molar-refractivity contribution in [3.63, 3.8) is 0 Å². The zero-order chi connectivity index (χ0) is 16.2. The second-order valence-corrected chi connectivity index (χ2v) is 6.51. The van der Waals surface area contributed by atoms with Crippen molar-refractivity contribution in [3.8, 4) is 0 Å². The predicted octanol–water partition coefficient (Wildman–Crippen LogP) is 2.90. The van der Waals surface area contributed by atoms with E-state index in [1.54, 1.807) is 17.9 Å². The van der Waals surface area contributed by atoms with E-state index < -0.39 is 5.97 Å². The van der Waals surface area contributed by atoms with Crippen LogP contribution in [0.3, 0.4) is 0 Å². The average molecular weight is 311 g/mol. The number of hydrogen-bond donors (Lipinski definition) is 2. The van der Waals surface area contributed by atoms with Gasteiger partial charge in [0.05, 0.1) is 6.04 Å². The number of aromatic nitrogens is 1. The second-order valence-electron chi connectivity index (χ2n) is 5.62. The zero-order valence-electron chi connectivity index (χ0n) is 12.7. The first-order valence-corrected chi connectivity index (χ1v) is 7.42. The number of carbonyl (C=O) groups excluding carboxylic acids is 1. The average Bonchev–Trinajstić information content (AvgIpc) is 2.83. The number of carboxylic acid groups (broad SMARTS) is 1. The SMILES string of the molecule is C=CCN(C(=O)NC(C)c1nc(C(=O)O)cs1)C(C)(C)C. The van der Waals surface area contributed by atoms with E-state index in [0.717, 1.165) is 0 Å². The van der Waals surface area contributed by atoms with Gasteiger partial charge >= 0.3 is 12.0 Å². The lowest BCUT2D eigenvalue weighted by Crippen LogP contribution is -2.50. The molecule has 0 aliphatic carbocycles. The fourth-order valence-corrected chi connectivity index (χ4v) is 2.50. The number of aromatic carboxylic acids is 1. The monoisotopic (exact) mass is 311 g/mol. The number of nitrogens with one attached hydrogen (secondary N) is 1. The molecule has 0 fully saturated rings. The molecule has 116 valence electrons. The molecule has 1 aromatic heterocycles. The molecule has 0 aliphatic heterocycles. The minimum absolute atomic E-state index is 0.00475. The Morgan fingerprint density at radius 1 is 1.57 bits per heavy atom. The van der Waals surface area contributed by atoms with Crippen LogP contribution >= 0.6 is 11.3 Å². The molecule has 0 aliphatic rings. The Kier molecular flexibility index (Phi) is 5.48. The summed E-state index contributed by atoms with van der Waals surface area (Å²) in [6, 6.07) is -0.591. The van der Waals surface area contributed by atoms with Gasteiger partial charge in [-0.1, -0.05) is 6.08 Å². The topological polar surface area (TPSA) is 82.5 Å². The first-order chi connectivity index (χ1) is 9.66. The Labute approximate surface area is 128 Å². The second kappa shape index (κ2) is 6.71. The molecular weight excluding hydrogens is 290 g/mol. The summed E-state index contributed by atoms with van der Waals surface area (Å²) in [5.41, 5.74) is -0.345. The molecule has 1 aromatic rings. The molecule has 21 heavy (non-hydrogen) atoms. The van der Waals surface area contributed by atoms with E-state index in [1.807, 2.05) is 20.8 Å². The lowest BCUT2D eigenvalue weighted by atomic mass is 10.1. The summed E-state index contributed by atoms with van der Waals surface area (Å²) in [6.45, 7) is 11.7. The van der Waals surface area contributed by atoms with Gasteiger partial charge in [0, 0.05) is 17.5 Å². The third-order valence-corrected chi connectivity index (χ3v) is 3.85. The van der Waals surface area contributed by atoms with Crippen LogP contribution in [0.4, 0.5) is 4.79 Å². The van der Waals surface area contributed by atoms with Crippen LogP contribution in [0.15, 0.2) is 18.0 Å². The van der Waals surface area contributed by atoms with Crippen molar-refractivity contribution >= 4 is 23.3 Å². The number of carbonyl (C=O) groups is 2. The van der Waals surface area contributed by atoms with Gasteiger partial charge < -0.3 is 15.3 Å². The molecule has 1 atom stereocenters. The highest BCUT2D eigenvalue weighted by molar-refractivity contribution is 7.09. The molecule has 6 nitrogen and oxygen atoms in total. The molecule has 2 N–H and O–H groups in total. The van der Waals surface area contributed by atoms with Crippen LogP contribution in [0.25, 0.3) is 0 Å². The summed E-state index contributed by atoms with van der Waals surface area (Å²) >= 11 is 1.22. The van der Waals surface area contributed by atoms with E-state index in [9.17, 15) is 9.59 Å². The summed E-state index contributed by atoms with van der Waals surface area (Å²) < 4.78 is 0. The lowest BCUT2D eigenvalue weighted by molar-refractivity contribution is 0.0691. The number of urea groups is 1. The molecular formula is C14H21N3O3S. The van der Waals surface area contributed by atoms with E-state index in [1.165, 1.54) is 16.7 Å². The molecule has 0 radical (unpaired) electrons. The highest BCUT2D eigenvalue weighted by Gasteiger charge is 2.27. The van der Waals surface area contributed by atoms with E-state index in [2.05, 4.69) is 16.9 Å². The largest absolute Gasteiger partial charge is 0.476 e. The maximum absolute atomic E-state index is 12.3. The molecule has 0 spiro atoms. The van der Waals surface area contributed by atoms with Gasteiger partial charge in [0.25, 0.3) is 0 Å². The molecule has 1 heterocycles. The van der Waals surface area contributed by atoms with Crippen LogP contribution in [0.1, 0.15) is 49.2 Å². The van der Waals surface area contributed by atoms with Crippen molar-refractivity contribution < 1.29 is 14.7 Å². The molecule has 1 rings (SSSR count). The normalized spacial score (nSPS) is 12.6. The third kappa shape index (κ3) is 4.56. The van der Waals surface area contributed by atoms with E-state index in [-0.39, 0.29) is 23.3 Å². The number of rotatable bonds is 5. The van der Waals surface area contributed by atoms with Gasteiger partial charge in [0.15, 0.2) is 5.69 Å². The molecule has 0 bridgehead atoms. The fourth-order valence-electron chi connectivity index (χ4n) is 1.70. The zero-order valence-corrected chi connectivity index (χ0v) is 13.5. The first-order valence-electron chi connectivity index (χ1n) is 6.54. The molecule has 0 saturated carbocycles. The van der Waals surface area contributed by atoms with Gasteiger partial charge in [-0.2, -0.15) is 0 Å². The number of carboxylic acids is 1. The molecule has 2 amide bonds. The van der Waals surface area contributed by atoms with Crippen molar-refractivity contribution in [2.24, 2.45) is 0 Å². The van der Waals surface area contributed by atoms with Crippen LogP contribution in [0.2, 0.25) is 0 Å². The number of amides is 2. The standard InChI is InChI=1S/C14H21N3O3S/c1-6-7-17(14(3,4)5)13(20)15-9(2)11-16-10(8-21-11)12(18)19/h6,8-9H,1,7H2,2-5H3,(H,15,20)(H,18,19). The number of nitrogens with zero attached hydrogens (tertiary/aromatic N) is 2. The quantitative estimate of drug-likeness (QED) is 0.819. The van der Waals surface area contributed by atoms with Gasteiger partial charge in [-0.15, -0.1) is 17.9 Å². The summed E-state index contributed by atoms with van der Waals surface area (Å²) in [5.74, 6) is -1.07. The fraction of sp³-hybridized carbons (Fsp3) is 0.500. The number of hydrogen-bond acceptors (Lipinski definition) is 4. The molecule has 0 saturated heterocycles. The van der Waals surface area contributed by atoms with Crippen LogP contribution in [0, 0.1) is 0 Å². The van der Waals surface area contributed by atoms with Gasteiger partial charge in [0.1, 0.15) is 5.01 Å². The number of thiazole rings is 1. The molecule has 7 heteroatoms. The van der Waals surface area contributed by atoms with E-state index >= 15 is 0 Å². The van der Waals surface area contributed by atoms with Crippen molar-refractivity contribution in [1.82, 2.24) is 15.2 Å². The maximum atomic E-state index is 12.3. The van der Waals surface area contributed by atoms with Crippen LogP contribution in [0.5, 0.6) is 0 Å². The Hall–Kier alpha value is -1.89. The summed E-state index contributed by atoms with van der Waals surface area (Å²) in [4.78, 5) is 28.8. The first kappa shape index (κ1) is 17.2. The minimum atomic E-state index is -1.07. The van der Waals surface area contributed by atoms with E-state index in [4.69, 9.17) is 5.11 Å². The Bertz CT molecular complexity index is 534. The summed E-state index contributed by atoms with van der Waals surface area (Å²) in [6.07, 6.45) is 1.67. The maximum Gasteiger partial charge on any atom is 0.355 e.